The van der Waals surface area contributed by atoms with Crippen LogP contribution in [0.25, 0.3) is 11.1 Å². The SMILES string of the molecule is Cc1c(Cl)cccc1OCCOC(=O)N1CCCOc2c(-c3cnn(Cc4cc(C(=O)NCCC(=O)O)ccc4Cl)c3)cccc21. The van der Waals surface area contributed by atoms with E-state index in [0.29, 0.717) is 57.9 Å². The summed E-state index contributed by atoms with van der Waals surface area (Å²) in [6, 6.07) is 15.8. The van der Waals surface area contributed by atoms with Crippen LogP contribution in [0.15, 0.2) is 67.0 Å². The van der Waals surface area contributed by atoms with Crippen molar-refractivity contribution < 1.29 is 33.7 Å². The highest BCUT2D eigenvalue weighted by atomic mass is 35.5. The van der Waals surface area contributed by atoms with E-state index in [1.54, 1.807) is 46.1 Å². The van der Waals surface area contributed by atoms with Crippen LogP contribution in [0.2, 0.25) is 10.0 Å². The minimum atomic E-state index is -0.994. The molecule has 1 aromatic heterocycles. The van der Waals surface area contributed by atoms with Crippen LogP contribution >= 0.6 is 23.2 Å². The number of amides is 2. The van der Waals surface area contributed by atoms with Gasteiger partial charge in [-0.1, -0.05) is 41.4 Å². The molecule has 0 fully saturated rings. The molecule has 1 aliphatic heterocycles. The van der Waals surface area contributed by atoms with Crippen LogP contribution in [0.5, 0.6) is 11.5 Å². The lowest BCUT2D eigenvalue weighted by Gasteiger charge is -2.22. The van der Waals surface area contributed by atoms with Crippen molar-refractivity contribution in [2.75, 3.05) is 37.8 Å². The number of benzene rings is 3. The van der Waals surface area contributed by atoms with Crippen molar-refractivity contribution in [1.82, 2.24) is 15.1 Å². The lowest BCUT2D eigenvalue weighted by atomic mass is 10.1. The second-order valence-electron chi connectivity index (χ2n) is 10.5. The molecule has 0 atom stereocenters. The number of nitrogens with zero attached hydrogens (tertiary/aromatic N) is 3. The summed E-state index contributed by atoms with van der Waals surface area (Å²) in [6.07, 6.45) is 3.45. The van der Waals surface area contributed by atoms with Gasteiger partial charge >= 0.3 is 12.1 Å². The summed E-state index contributed by atoms with van der Waals surface area (Å²) in [5.41, 5.74) is 3.94. The summed E-state index contributed by atoms with van der Waals surface area (Å²) in [4.78, 5) is 38.0. The molecule has 2 heterocycles. The molecule has 4 aromatic rings. The first-order valence-corrected chi connectivity index (χ1v) is 15.4. The highest BCUT2D eigenvalue weighted by Gasteiger charge is 2.26. The zero-order valence-electron chi connectivity index (χ0n) is 25.0. The number of nitrogens with one attached hydrogen (secondary N) is 1. The normalized spacial score (nSPS) is 12.5. The Morgan fingerprint density at radius 3 is 2.72 bits per heavy atom. The van der Waals surface area contributed by atoms with Crippen LogP contribution in [0.1, 0.15) is 34.3 Å². The third-order valence-electron chi connectivity index (χ3n) is 7.27. The van der Waals surface area contributed by atoms with Crippen molar-refractivity contribution in [1.29, 1.82) is 0 Å². The fourth-order valence-corrected chi connectivity index (χ4v) is 5.25. The van der Waals surface area contributed by atoms with Gasteiger partial charge in [0.2, 0.25) is 0 Å². The van der Waals surface area contributed by atoms with Gasteiger partial charge in [-0.3, -0.25) is 19.2 Å². The largest absolute Gasteiger partial charge is 0.491 e. The maximum atomic E-state index is 13.2. The number of aliphatic carboxylic acids is 1. The van der Waals surface area contributed by atoms with Gasteiger partial charge in [0.15, 0.2) is 5.75 Å². The van der Waals surface area contributed by atoms with E-state index < -0.39 is 18.0 Å². The number of anilines is 1. The van der Waals surface area contributed by atoms with Gasteiger partial charge in [0.05, 0.1) is 31.5 Å². The molecule has 2 amide bonds. The first-order chi connectivity index (χ1) is 22.2. The molecular formula is C33H32Cl2N4O7. The molecule has 0 unspecified atom stereocenters. The molecule has 0 aliphatic carbocycles. The Morgan fingerprint density at radius 1 is 1.07 bits per heavy atom. The Labute approximate surface area is 275 Å². The monoisotopic (exact) mass is 666 g/mol. The van der Waals surface area contributed by atoms with Crippen molar-refractivity contribution in [3.63, 3.8) is 0 Å². The fourth-order valence-electron chi connectivity index (χ4n) is 4.91. The molecule has 0 saturated heterocycles. The average molecular weight is 668 g/mol. The van der Waals surface area contributed by atoms with Gasteiger partial charge in [0.25, 0.3) is 5.91 Å². The van der Waals surface area contributed by atoms with Crippen molar-refractivity contribution in [2.24, 2.45) is 0 Å². The third kappa shape index (κ3) is 7.91. The highest BCUT2D eigenvalue weighted by Crippen LogP contribution is 2.40. The van der Waals surface area contributed by atoms with E-state index >= 15 is 0 Å². The summed E-state index contributed by atoms with van der Waals surface area (Å²) in [5.74, 6) is -0.210. The van der Waals surface area contributed by atoms with Gasteiger partial charge < -0.3 is 24.6 Å². The summed E-state index contributed by atoms with van der Waals surface area (Å²) < 4.78 is 19.1. The standard InChI is InChI=1S/C33H32Cl2N4O7/c1-21-26(34)6-3-8-29(21)44-15-16-46-33(43)39-13-4-14-45-31-25(5-2-7-28(31)39)24-18-37-38(20-24)19-23-17-22(9-10-27(23)35)32(42)36-12-11-30(40)41/h2-3,5-10,17-18,20H,4,11-16,19H2,1H3,(H,36,42)(H,40,41). The first kappa shape index (κ1) is 32.6. The van der Waals surface area contributed by atoms with E-state index in [-0.39, 0.29) is 32.7 Å². The molecule has 11 nitrogen and oxygen atoms in total. The molecule has 2 N–H and O–H groups in total. The third-order valence-corrected chi connectivity index (χ3v) is 8.05. The van der Waals surface area contributed by atoms with E-state index in [1.165, 1.54) is 0 Å². The summed E-state index contributed by atoms with van der Waals surface area (Å²) in [7, 11) is 0. The summed E-state index contributed by atoms with van der Waals surface area (Å²) in [6.45, 7) is 3.22. The van der Waals surface area contributed by atoms with E-state index in [2.05, 4.69) is 10.4 Å². The van der Waals surface area contributed by atoms with Gasteiger partial charge in [-0.25, -0.2) is 4.79 Å². The summed E-state index contributed by atoms with van der Waals surface area (Å²) in [5, 5.41) is 17.0. The fraction of sp³-hybridized carbons (Fsp3) is 0.273. The number of carbonyl (C=O) groups is 3. The molecule has 0 bridgehead atoms. The number of fused-ring (bicyclic) bond motifs is 1. The minimum Gasteiger partial charge on any atom is -0.491 e. The van der Waals surface area contributed by atoms with Crippen molar-refractivity contribution in [3.05, 3.63) is 93.7 Å². The molecule has 1 aliphatic rings. The molecule has 3 aromatic carbocycles. The summed E-state index contributed by atoms with van der Waals surface area (Å²) >= 11 is 12.6. The molecule has 13 heteroatoms. The number of hydrogen-bond acceptors (Lipinski definition) is 7. The van der Waals surface area contributed by atoms with Gasteiger partial charge in [-0.05, 0) is 55.3 Å². The predicted octanol–water partition coefficient (Wildman–Crippen LogP) is 6.22. The van der Waals surface area contributed by atoms with Crippen LogP contribution in [0, 0.1) is 6.92 Å². The Bertz CT molecular complexity index is 1740. The number of hydrogen-bond donors (Lipinski definition) is 2. The van der Waals surface area contributed by atoms with Crippen molar-refractivity contribution in [2.45, 2.75) is 26.3 Å². The van der Waals surface area contributed by atoms with Crippen LogP contribution < -0.4 is 19.7 Å². The minimum absolute atomic E-state index is 0.0192. The zero-order valence-corrected chi connectivity index (χ0v) is 26.5. The molecule has 46 heavy (non-hydrogen) atoms. The number of halogens is 2. The maximum Gasteiger partial charge on any atom is 0.414 e. The molecule has 0 saturated carbocycles. The Kier molecular flexibility index (Phi) is 10.7. The lowest BCUT2D eigenvalue weighted by Crippen LogP contribution is -2.33. The Balaban J connectivity index is 1.27. The number of carbonyl (C=O) groups excluding carboxylic acids is 2. The smallest absolute Gasteiger partial charge is 0.414 e. The molecule has 5 rings (SSSR count). The molecule has 0 radical (unpaired) electrons. The number of ether oxygens (including phenoxy) is 3. The number of carboxylic acids is 1. The van der Waals surface area contributed by atoms with Gasteiger partial charge in [-0.15, -0.1) is 0 Å². The molecule has 240 valence electrons. The van der Waals surface area contributed by atoms with Gasteiger partial charge in [0.1, 0.15) is 19.0 Å². The lowest BCUT2D eigenvalue weighted by molar-refractivity contribution is -0.136. The second kappa shape index (κ2) is 15.0. The first-order valence-electron chi connectivity index (χ1n) is 14.6. The number of carboxylic acid groups (broad SMARTS) is 1. The zero-order chi connectivity index (χ0) is 32.6. The van der Waals surface area contributed by atoms with E-state index in [9.17, 15) is 14.4 Å². The van der Waals surface area contributed by atoms with Crippen LogP contribution in [0.3, 0.4) is 0 Å². The van der Waals surface area contributed by atoms with Crippen LogP contribution in [-0.2, 0) is 16.1 Å². The van der Waals surface area contributed by atoms with Gasteiger partial charge in [-0.2, -0.15) is 5.10 Å². The number of aromatic nitrogens is 2. The quantitative estimate of drug-likeness (QED) is 0.180. The Hall–Kier alpha value is -4.74. The van der Waals surface area contributed by atoms with E-state index in [1.807, 2.05) is 37.4 Å². The number of rotatable bonds is 11. The van der Waals surface area contributed by atoms with Crippen molar-refractivity contribution in [3.8, 4) is 22.6 Å². The van der Waals surface area contributed by atoms with E-state index in [0.717, 1.165) is 16.7 Å². The van der Waals surface area contributed by atoms with E-state index in [4.69, 9.17) is 42.5 Å². The van der Waals surface area contributed by atoms with Crippen molar-refractivity contribution >= 4 is 46.9 Å². The maximum absolute atomic E-state index is 13.2. The Morgan fingerprint density at radius 2 is 1.89 bits per heavy atom. The van der Waals surface area contributed by atoms with Crippen LogP contribution in [-0.4, -0.2) is 65.8 Å². The highest BCUT2D eigenvalue weighted by molar-refractivity contribution is 6.31. The van der Waals surface area contributed by atoms with Crippen LogP contribution in [0.4, 0.5) is 10.5 Å². The second-order valence-corrected chi connectivity index (χ2v) is 11.3. The predicted molar refractivity (Wildman–Crippen MR) is 173 cm³/mol. The molecular weight excluding hydrogens is 635 g/mol. The topological polar surface area (TPSA) is 132 Å². The average Bonchev–Trinajstić information content (AvgIpc) is 3.39. The molecule has 0 spiro atoms. The van der Waals surface area contributed by atoms with Gasteiger partial charge in [0, 0.05) is 51.6 Å². The number of para-hydroxylation sites is 1.